The van der Waals surface area contributed by atoms with Gasteiger partial charge in [-0.25, -0.2) is 0 Å². The van der Waals surface area contributed by atoms with Crippen molar-refractivity contribution in [2.45, 2.75) is 53.7 Å². The average molecular weight is 336 g/mol. The van der Waals surface area contributed by atoms with Gasteiger partial charge in [-0.15, -0.1) is 0 Å². The summed E-state index contributed by atoms with van der Waals surface area (Å²) in [4.78, 5) is 16.8. The molecule has 0 bridgehead atoms. The molecule has 1 saturated heterocycles. The van der Waals surface area contributed by atoms with Crippen LogP contribution in [0.4, 0.5) is 0 Å². The van der Waals surface area contributed by atoms with E-state index in [9.17, 15) is 9.90 Å². The molecule has 136 valence electrons. The van der Waals surface area contributed by atoms with E-state index in [4.69, 9.17) is 0 Å². The van der Waals surface area contributed by atoms with Crippen molar-refractivity contribution < 1.29 is 9.90 Å². The summed E-state index contributed by atoms with van der Waals surface area (Å²) in [5, 5.41) is 14.1. The molecule has 6 nitrogen and oxygen atoms in total. The Bertz CT molecular complexity index is 558. The molecule has 0 spiro atoms. The maximum Gasteiger partial charge on any atom is 0.227 e. The van der Waals surface area contributed by atoms with Crippen LogP contribution in [0.25, 0.3) is 0 Å². The minimum absolute atomic E-state index is 0.182. The van der Waals surface area contributed by atoms with Gasteiger partial charge in [-0.2, -0.15) is 5.10 Å². The molecule has 1 aliphatic rings. The maximum atomic E-state index is 12.7. The standard InChI is InChI=1S/C18H32N4O2/c1-13(2)11-22-16(5)17(15(4)19-22)10-18(24)21-8-6-20(7-9-21)12-14(3)23/h13-14,23H,6-12H2,1-5H3/t14-/m1/s1. The topological polar surface area (TPSA) is 61.6 Å². The zero-order valence-corrected chi connectivity index (χ0v) is 15.7. The van der Waals surface area contributed by atoms with Crippen molar-refractivity contribution in [3.63, 3.8) is 0 Å². The molecule has 1 N–H and O–H groups in total. The van der Waals surface area contributed by atoms with Gasteiger partial charge < -0.3 is 10.0 Å². The number of aromatic nitrogens is 2. The molecule has 0 aliphatic carbocycles. The predicted molar refractivity (Wildman–Crippen MR) is 94.9 cm³/mol. The van der Waals surface area contributed by atoms with E-state index in [-0.39, 0.29) is 12.0 Å². The van der Waals surface area contributed by atoms with Gasteiger partial charge >= 0.3 is 0 Å². The van der Waals surface area contributed by atoms with Crippen LogP contribution in [-0.2, 0) is 17.8 Å². The Balaban J connectivity index is 1.95. The molecule has 1 aromatic heterocycles. The SMILES string of the molecule is Cc1nn(CC(C)C)c(C)c1CC(=O)N1CCN(C[C@@H](C)O)CC1. The van der Waals surface area contributed by atoms with E-state index < -0.39 is 0 Å². The highest BCUT2D eigenvalue weighted by molar-refractivity contribution is 5.79. The second kappa shape index (κ2) is 8.12. The van der Waals surface area contributed by atoms with Crippen molar-refractivity contribution in [3.05, 3.63) is 17.0 Å². The van der Waals surface area contributed by atoms with Crippen LogP contribution in [0.15, 0.2) is 0 Å². The van der Waals surface area contributed by atoms with Gasteiger partial charge in [0.1, 0.15) is 0 Å². The Hall–Kier alpha value is -1.40. The van der Waals surface area contributed by atoms with Crippen LogP contribution < -0.4 is 0 Å². The molecule has 2 rings (SSSR count). The zero-order valence-electron chi connectivity index (χ0n) is 15.7. The molecule has 0 saturated carbocycles. The van der Waals surface area contributed by atoms with Crippen molar-refractivity contribution >= 4 is 5.91 Å². The van der Waals surface area contributed by atoms with Gasteiger partial charge in [0, 0.05) is 50.5 Å². The lowest BCUT2D eigenvalue weighted by atomic mass is 10.1. The average Bonchev–Trinajstić information content (AvgIpc) is 2.74. The largest absolute Gasteiger partial charge is 0.392 e. The van der Waals surface area contributed by atoms with E-state index >= 15 is 0 Å². The fraction of sp³-hybridized carbons (Fsp3) is 0.778. The zero-order chi connectivity index (χ0) is 17.9. The lowest BCUT2D eigenvalue weighted by molar-refractivity contribution is -0.132. The van der Waals surface area contributed by atoms with Crippen LogP contribution in [0.5, 0.6) is 0 Å². The van der Waals surface area contributed by atoms with Gasteiger partial charge in [-0.3, -0.25) is 14.4 Å². The number of aliphatic hydroxyl groups is 1. The summed E-state index contributed by atoms with van der Waals surface area (Å²) in [7, 11) is 0. The third kappa shape index (κ3) is 4.80. The Morgan fingerprint density at radius 3 is 2.29 bits per heavy atom. The van der Waals surface area contributed by atoms with Crippen molar-refractivity contribution in [1.82, 2.24) is 19.6 Å². The number of amides is 1. The summed E-state index contributed by atoms with van der Waals surface area (Å²) in [6, 6.07) is 0. The highest BCUT2D eigenvalue weighted by atomic mass is 16.3. The van der Waals surface area contributed by atoms with Gasteiger partial charge in [0.25, 0.3) is 0 Å². The summed E-state index contributed by atoms with van der Waals surface area (Å²) >= 11 is 0. The van der Waals surface area contributed by atoms with Gasteiger partial charge in [0.2, 0.25) is 5.91 Å². The molecule has 1 fully saturated rings. The summed E-state index contributed by atoms with van der Waals surface area (Å²) in [5.41, 5.74) is 3.16. The monoisotopic (exact) mass is 336 g/mol. The van der Waals surface area contributed by atoms with Crippen LogP contribution in [0.2, 0.25) is 0 Å². The number of hydrogen-bond acceptors (Lipinski definition) is 4. The lowest BCUT2D eigenvalue weighted by Crippen LogP contribution is -2.50. The number of rotatable bonds is 6. The van der Waals surface area contributed by atoms with Crippen molar-refractivity contribution in [2.24, 2.45) is 5.92 Å². The normalized spacial score (nSPS) is 17.5. The Morgan fingerprint density at radius 2 is 1.75 bits per heavy atom. The molecule has 1 aromatic rings. The number of piperazine rings is 1. The van der Waals surface area contributed by atoms with Crippen molar-refractivity contribution in [2.75, 3.05) is 32.7 Å². The minimum Gasteiger partial charge on any atom is -0.392 e. The molecule has 0 aromatic carbocycles. The lowest BCUT2D eigenvalue weighted by Gasteiger charge is -2.35. The second-order valence-corrected chi connectivity index (χ2v) is 7.43. The van der Waals surface area contributed by atoms with E-state index in [1.807, 2.05) is 16.5 Å². The third-order valence-corrected chi connectivity index (χ3v) is 4.64. The van der Waals surface area contributed by atoms with Gasteiger partial charge in [-0.05, 0) is 26.7 Å². The van der Waals surface area contributed by atoms with Crippen LogP contribution in [0.3, 0.4) is 0 Å². The molecule has 1 atom stereocenters. The maximum absolute atomic E-state index is 12.7. The Morgan fingerprint density at radius 1 is 1.12 bits per heavy atom. The fourth-order valence-corrected chi connectivity index (χ4v) is 3.33. The van der Waals surface area contributed by atoms with E-state index in [0.717, 1.165) is 49.7 Å². The molecular formula is C18H32N4O2. The number of carbonyl (C=O) groups excluding carboxylic acids is 1. The summed E-state index contributed by atoms with van der Waals surface area (Å²) < 4.78 is 2.03. The molecule has 1 aliphatic heterocycles. The second-order valence-electron chi connectivity index (χ2n) is 7.43. The number of aryl methyl sites for hydroxylation is 1. The Labute approximate surface area is 145 Å². The van der Waals surface area contributed by atoms with E-state index in [1.165, 1.54) is 0 Å². The van der Waals surface area contributed by atoms with E-state index in [0.29, 0.717) is 18.9 Å². The van der Waals surface area contributed by atoms with Crippen LogP contribution in [0.1, 0.15) is 37.7 Å². The molecule has 0 radical (unpaired) electrons. The first kappa shape index (κ1) is 18.9. The number of aliphatic hydroxyl groups excluding tert-OH is 1. The van der Waals surface area contributed by atoms with Crippen LogP contribution in [0, 0.1) is 19.8 Å². The van der Waals surface area contributed by atoms with Gasteiger partial charge in [0.05, 0.1) is 18.2 Å². The first-order valence-electron chi connectivity index (χ1n) is 8.99. The van der Waals surface area contributed by atoms with Crippen LogP contribution in [-0.4, -0.2) is 69.4 Å². The smallest absolute Gasteiger partial charge is 0.227 e. The molecule has 2 heterocycles. The van der Waals surface area contributed by atoms with Crippen molar-refractivity contribution in [1.29, 1.82) is 0 Å². The minimum atomic E-state index is -0.315. The molecule has 1 amide bonds. The summed E-state index contributed by atoms with van der Waals surface area (Å²) in [5.74, 6) is 0.718. The molecule has 6 heteroatoms. The first-order chi connectivity index (χ1) is 11.3. The fourth-order valence-electron chi connectivity index (χ4n) is 3.33. The van der Waals surface area contributed by atoms with E-state index in [1.54, 1.807) is 6.92 Å². The number of hydrogen-bond donors (Lipinski definition) is 1. The first-order valence-corrected chi connectivity index (χ1v) is 8.99. The Kier molecular flexibility index (Phi) is 6.40. The van der Waals surface area contributed by atoms with Crippen molar-refractivity contribution in [3.8, 4) is 0 Å². The highest BCUT2D eigenvalue weighted by Crippen LogP contribution is 2.17. The third-order valence-electron chi connectivity index (χ3n) is 4.64. The summed E-state index contributed by atoms with van der Waals surface area (Å²) in [6.45, 7) is 14.9. The highest BCUT2D eigenvalue weighted by Gasteiger charge is 2.24. The molecule has 24 heavy (non-hydrogen) atoms. The number of nitrogens with zero attached hydrogens (tertiary/aromatic N) is 4. The van der Waals surface area contributed by atoms with Gasteiger partial charge in [-0.1, -0.05) is 13.8 Å². The van der Waals surface area contributed by atoms with Gasteiger partial charge in [0.15, 0.2) is 0 Å². The predicted octanol–water partition coefficient (Wildman–Crippen LogP) is 1.22. The molecular weight excluding hydrogens is 304 g/mol. The quantitative estimate of drug-likeness (QED) is 0.849. The van der Waals surface area contributed by atoms with E-state index in [2.05, 4.69) is 30.8 Å². The summed E-state index contributed by atoms with van der Waals surface area (Å²) in [6.07, 6.45) is 0.121. The number of carbonyl (C=O) groups is 1. The number of β-amino-alcohol motifs (C(OH)–C–C–N with tert-alkyl or cyclic N) is 1. The van der Waals surface area contributed by atoms with Crippen LogP contribution >= 0.6 is 0 Å². The molecule has 0 unspecified atom stereocenters.